The molecule has 0 unspecified atom stereocenters. The zero-order valence-electron chi connectivity index (χ0n) is 11.3. The van der Waals surface area contributed by atoms with Gasteiger partial charge in [0.05, 0.1) is 5.69 Å². The van der Waals surface area contributed by atoms with Gasteiger partial charge in [0.15, 0.2) is 0 Å². The Hall–Kier alpha value is -1.42. The molecule has 1 aromatic carbocycles. The molecule has 0 aliphatic carbocycles. The molecular formula is C15H17BrN2O. The highest BCUT2D eigenvalue weighted by Gasteiger charge is 2.26. The van der Waals surface area contributed by atoms with Crippen LogP contribution in [0.1, 0.15) is 37.9 Å². The number of halogens is 1. The van der Waals surface area contributed by atoms with Crippen molar-refractivity contribution in [2.45, 2.75) is 32.6 Å². The van der Waals surface area contributed by atoms with Gasteiger partial charge >= 0.3 is 0 Å². The SMILES string of the molecule is CCc1nc(C(C)(C)c2ccccc2)[nH]c(=O)c1Br. The molecule has 3 nitrogen and oxygen atoms in total. The number of aromatic amines is 1. The Morgan fingerprint density at radius 1 is 1.26 bits per heavy atom. The lowest BCUT2D eigenvalue weighted by Crippen LogP contribution is -2.27. The minimum absolute atomic E-state index is 0.120. The van der Waals surface area contributed by atoms with Crippen LogP contribution in [0, 0.1) is 0 Å². The van der Waals surface area contributed by atoms with Crippen LogP contribution in [0.2, 0.25) is 0 Å². The summed E-state index contributed by atoms with van der Waals surface area (Å²) in [5, 5.41) is 0. The molecule has 0 aliphatic heterocycles. The van der Waals surface area contributed by atoms with Crippen molar-refractivity contribution in [3.8, 4) is 0 Å². The van der Waals surface area contributed by atoms with E-state index in [0.29, 0.717) is 10.3 Å². The third kappa shape index (κ3) is 2.63. The summed E-state index contributed by atoms with van der Waals surface area (Å²) in [6.07, 6.45) is 0.725. The van der Waals surface area contributed by atoms with Crippen LogP contribution in [0.3, 0.4) is 0 Å². The van der Waals surface area contributed by atoms with E-state index in [-0.39, 0.29) is 11.0 Å². The van der Waals surface area contributed by atoms with E-state index in [1.165, 1.54) is 0 Å². The molecule has 0 fully saturated rings. The number of aromatic nitrogens is 2. The quantitative estimate of drug-likeness (QED) is 0.941. The van der Waals surface area contributed by atoms with Crippen molar-refractivity contribution < 1.29 is 0 Å². The van der Waals surface area contributed by atoms with Crippen molar-refractivity contribution in [1.29, 1.82) is 0 Å². The maximum absolute atomic E-state index is 12.0. The van der Waals surface area contributed by atoms with E-state index in [1.54, 1.807) is 0 Å². The van der Waals surface area contributed by atoms with Gasteiger partial charge in [-0.3, -0.25) is 4.79 Å². The molecule has 1 N–H and O–H groups in total. The fourth-order valence-corrected chi connectivity index (χ4v) is 2.50. The monoisotopic (exact) mass is 320 g/mol. The number of nitrogens with zero attached hydrogens (tertiary/aromatic N) is 1. The van der Waals surface area contributed by atoms with E-state index < -0.39 is 0 Å². The van der Waals surface area contributed by atoms with Gasteiger partial charge in [-0.05, 0) is 41.8 Å². The third-order valence-electron chi connectivity index (χ3n) is 3.35. The number of benzene rings is 1. The molecule has 1 aromatic heterocycles. The van der Waals surface area contributed by atoms with Crippen LogP contribution < -0.4 is 5.56 Å². The molecule has 0 aliphatic rings. The smallest absolute Gasteiger partial charge is 0.265 e. The summed E-state index contributed by atoms with van der Waals surface area (Å²) >= 11 is 3.29. The zero-order chi connectivity index (χ0) is 14.0. The second kappa shape index (κ2) is 5.29. The van der Waals surface area contributed by atoms with E-state index in [9.17, 15) is 4.79 Å². The normalized spacial score (nSPS) is 11.6. The zero-order valence-corrected chi connectivity index (χ0v) is 12.9. The van der Waals surface area contributed by atoms with Gasteiger partial charge in [0.1, 0.15) is 10.3 Å². The van der Waals surface area contributed by atoms with E-state index in [4.69, 9.17) is 0 Å². The first-order chi connectivity index (χ1) is 8.96. The van der Waals surface area contributed by atoms with Gasteiger partial charge in [-0.1, -0.05) is 37.3 Å². The van der Waals surface area contributed by atoms with Crippen LogP contribution in [0.15, 0.2) is 39.6 Å². The van der Waals surface area contributed by atoms with Gasteiger partial charge < -0.3 is 4.98 Å². The summed E-state index contributed by atoms with van der Waals surface area (Å²) < 4.78 is 0.530. The van der Waals surface area contributed by atoms with Crippen molar-refractivity contribution in [1.82, 2.24) is 9.97 Å². The van der Waals surface area contributed by atoms with E-state index in [0.717, 1.165) is 17.7 Å². The number of H-pyrrole nitrogens is 1. The number of hydrogen-bond acceptors (Lipinski definition) is 2. The van der Waals surface area contributed by atoms with E-state index in [1.807, 2.05) is 37.3 Å². The Morgan fingerprint density at radius 2 is 1.89 bits per heavy atom. The molecule has 0 saturated carbocycles. The molecule has 100 valence electrons. The summed E-state index contributed by atoms with van der Waals surface area (Å²) in [5.74, 6) is 0.698. The van der Waals surface area contributed by atoms with Gasteiger partial charge in [0, 0.05) is 5.41 Å². The molecule has 0 bridgehead atoms. The van der Waals surface area contributed by atoms with Crippen LogP contribution >= 0.6 is 15.9 Å². The first-order valence-corrected chi connectivity index (χ1v) is 7.10. The molecule has 19 heavy (non-hydrogen) atoms. The summed E-state index contributed by atoms with van der Waals surface area (Å²) in [7, 11) is 0. The van der Waals surface area contributed by atoms with Crippen molar-refractivity contribution in [2.75, 3.05) is 0 Å². The number of rotatable bonds is 3. The minimum atomic E-state index is -0.328. The molecule has 4 heteroatoms. The molecule has 0 atom stereocenters. The van der Waals surface area contributed by atoms with Gasteiger partial charge in [-0.15, -0.1) is 0 Å². The predicted octanol–water partition coefficient (Wildman–Crippen LogP) is 3.42. The van der Waals surface area contributed by atoms with Gasteiger partial charge in [0.2, 0.25) is 0 Å². The average Bonchev–Trinajstić information content (AvgIpc) is 2.42. The van der Waals surface area contributed by atoms with E-state index >= 15 is 0 Å². The maximum atomic E-state index is 12.0. The van der Waals surface area contributed by atoms with E-state index in [2.05, 4.69) is 39.7 Å². The fraction of sp³-hybridized carbons (Fsp3) is 0.333. The summed E-state index contributed by atoms with van der Waals surface area (Å²) in [5.41, 5.74) is 1.47. The summed E-state index contributed by atoms with van der Waals surface area (Å²) in [6, 6.07) is 10.1. The van der Waals surface area contributed by atoms with Gasteiger partial charge in [0.25, 0.3) is 5.56 Å². The second-order valence-corrected chi connectivity index (χ2v) is 5.81. The lowest BCUT2D eigenvalue weighted by Gasteiger charge is -2.24. The number of nitrogens with one attached hydrogen (secondary N) is 1. The topological polar surface area (TPSA) is 45.8 Å². The van der Waals surface area contributed by atoms with Crippen LogP contribution in [-0.4, -0.2) is 9.97 Å². The Bertz CT molecular complexity index is 632. The van der Waals surface area contributed by atoms with Crippen LogP contribution in [-0.2, 0) is 11.8 Å². The lowest BCUT2D eigenvalue weighted by atomic mass is 9.83. The van der Waals surface area contributed by atoms with Gasteiger partial charge in [-0.25, -0.2) is 4.98 Å². The lowest BCUT2D eigenvalue weighted by molar-refractivity contribution is 0.581. The first kappa shape index (κ1) is 14.0. The Kier molecular flexibility index (Phi) is 3.90. The highest BCUT2D eigenvalue weighted by Crippen LogP contribution is 2.28. The second-order valence-electron chi connectivity index (χ2n) is 5.02. The van der Waals surface area contributed by atoms with Crippen molar-refractivity contribution >= 4 is 15.9 Å². The standard InChI is InChI=1S/C15H17BrN2O/c1-4-11-12(16)13(19)18-14(17-11)15(2,3)10-8-6-5-7-9-10/h5-9H,4H2,1-3H3,(H,17,18,19). The first-order valence-electron chi connectivity index (χ1n) is 6.31. The summed E-state index contributed by atoms with van der Waals surface area (Å²) in [4.78, 5) is 19.4. The fourth-order valence-electron chi connectivity index (χ4n) is 2.03. The maximum Gasteiger partial charge on any atom is 0.265 e. The molecule has 0 amide bonds. The van der Waals surface area contributed by atoms with Crippen molar-refractivity contribution in [2.24, 2.45) is 0 Å². The molecule has 0 saturated heterocycles. The molecular weight excluding hydrogens is 304 g/mol. The van der Waals surface area contributed by atoms with Crippen molar-refractivity contribution in [3.63, 3.8) is 0 Å². The number of aryl methyl sites for hydroxylation is 1. The number of hydrogen-bond donors (Lipinski definition) is 1. The molecule has 0 spiro atoms. The van der Waals surface area contributed by atoms with Crippen molar-refractivity contribution in [3.05, 3.63) is 62.2 Å². The van der Waals surface area contributed by atoms with Gasteiger partial charge in [-0.2, -0.15) is 0 Å². The van der Waals surface area contributed by atoms with Crippen LogP contribution in [0.25, 0.3) is 0 Å². The average molecular weight is 321 g/mol. The Balaban J connectivity index is 2.59. The summed E-state index contributed by atoms with van der Waals surface area (Å²) in [6.45, 7) is 6.12. The molecule has 2 aromatic rings. The molecule has 0 radical (unpaired) electrons. The highest BCUT2D eigenvalue weighted by atomic mass is 79.9. The largest absolute Gasteiger partial charge is 0.309 e. The van der Waals surface area contributed by atoms with Crippen LogP contribution in [0.5, 0.6) is 0 Å². The van der Waals surface area contributed by atoms with Crippen LogP contribution in [0.4, 0.5) is 0 Å². The third-order valence-corrected chi connectivity index (χ3v) is 4.17. The minimum Gasteiger partial charge on any atom is -0.309 e. The predicted molar refractivity (Wildman–Crippen MR) is 80.5 cm³/mol. The highest BCUT2D eigenvalue weighted by molar-refractivity contribution is 9.10. The Morgan fingerprint density at radius 3 is 2.47 bits per heavy atom. The Labute approximate surface area is 121 Å². The molecule has 2 rings (SSSR count). The molecule has 1 heterocycles.